The molecule has 0 aliphatic carbocycles. The van der Waals surface area contributed by atoms with Crippen LogP contribution in [0.3, 0.4) is 0 Å². The van der Waals surface area contributed by atoms with E-state index < -0.39 is 5.97 Å². The molecule has 2 aromatic heterocycles. The van der Waals surface area contributed by atoms with Gasteiger partial charge in [0.05, 0.1) is 5.69 Å². The van der Waals surface area contributed by atoms with Crippen LogP contribution in [0.1, 0.15) is 36.2 Å². The van der Waals surface area contributed by atoms with Crippen LogP contribution in [0.15, 0.2) is 17.6 Å². The normalized spacial score (nSPS) is 16.1. The van der Waals surface area contributed by atoms with E-state index in [0.29, 0.717) is 0 Å². The van der Waals surface area contributed by atoms with Crippen molar-refractivity contribution in [2.75, 3.05) is 18.0 Å². The lowest BCUT2D eigenvalue weighted by molar-refractivity contribution is 0.0691. The largest absolute Gasteiger partial charge is 0.477 e. The summed E-state index contributed by atoms with van der Waals surface area (Å²) in [6, 6.07) is 1.63. The van der Waals surface area contributed by atoms with Gasteiger partial charge in [0.1, 0.15) is 5.69 Å². The zero-order valence-corrected chi connectivity index (χ0v) is 11.9. The number of thiazole rings is 1. The van der Waals surface area contributed by atoms with Gasteiger partial charge in [0.25, 0.3) is 0 Å². The molecular formula is C14H17N3O2S. The number of anilines is 1. The first-order valence-electron chi connectivity index (χ1n) is 6.86. The van der Waals surface area contributed by atoms with Crippen molar-refractivity contribution in [1.82, 2.24) is 9.97 Å². The van der Waals surface area contributed by atoms with E-state index in [1.165, 1.54) is 25.7 Å². The molecule has 0 atom stereocenters. The van der Waals surface area contributed by atoms with Crippen molar-refractivity contribution in [2.45, 2.75) is 25.7 Å². The summed E-state index contributed by atoms with van der Waals surface area (Å²) in [5.41, 5.74) is 1.88. The summed E-state index contributed by atoms with van der Waals surface area (Å²) in [5, 5.41) is 12.0. The number of carbonyl (C=O) groups is 1. The molecule has 1 saturated heterocycles. The Morgan fingerprint density at radius 2 is 2.05 bits per heavy atom. The average molecular weight is 291 g/mol. The van der Waals surface area contributed by atoms with Gasteiger partial charge in [0, 0.05) is 30.2 Å². The van der Waals surface area contributed by atoms with Crippen LogP contribution in [-0.2, 0) is 0 Å². The molecule has 1 aliphatic rings. The summed E-state index contributed by atoms with van der Waals surface area (Å²) in [6.07, 6.45) is 6.75. The van der Waals surface area contributed by atoms with Crippen molar-refractivity contribution in [2.24, 2.45) is 0 Å². The molecular weight excluding hydrogens is 274 g/mol. The number of nitrogens with zero attached hydrogens (tertiary/aromatic N) is 2. The number of nitrogens with one attached hydrogen (secondary N) is 1. The number of hydrogen-bond donors (Lipinski definition) is 2. The minimum absolute atomic E-state index is 0.198. The number of aromatic carboxylic acids is 1. The maximum Gasteiger partial charge on any atom is 0.352 e. The number of carboxylic acids is 1. The zero-order valence-electron chi connectivity index (χ0n) is 11.1. The highest BCUT2D eigenvalue weighted by Crippen LogP contribution is 2.29. The predicted molar refractivity (Wildman–Crippen MR) is 79.5 cm³/mol. The highest BCUT2D eigenvalue weighted by atomic mass is 32.1. The van der Waals surface area contributed by atoms with Gasteiger partial charge in [-0.05, 0) is 18.9 Å². The van der Waals surface area contributed by atoms with Crippen LogP contribution in [0.5, 0.6) is 0 Å². The Bertz CT molecular complexity index is 597. The minimum atomic E-state index is -0.945. The molecule has 0 aromatic carbocycles. The van der Waals surface area contributed by atoms with Gasteiger partial charge in [0.15, 0.2) is 5.13 Å². The second-order valence-electron chi connectivity index (χ2n) is 5.02. The van der Waals surface area contributed by atoms with E-state index in [-0.39, 0.29) is 5.69 Å². The number of aromatic nitrogens is 2. The van der Waals surface area contributed by atoms with Crippen LogP contribution in [0.4, 0.5) is 5.13 Å². The fourth-order valence-corrected chi connectivity index (χ4v) is 3.36. The quantitative estimate of drug-likeness (QED) is 0.911. The molecule has 0 amide bonds. The van der Waals surface area contributed by atoms with E-state index in [2.05, 4.69) is 14.9 Å². The van der Waals surface area contributed by atoms with Crippen molar-refractivity contribution in [1.29, 1.82) is 0 Å². The first-order chi connectivity index (χ1) is 9.74. The van der Waals surface area contributed by atoms with Crippen LogP contribution in [0, 0.1) is 0 Å². The van der Waals surface area contributed by atoms with Crippen molar-refractivity contribution in [3.63, 3.8) is 0 Å². The molecule has 106 valence electrons. The molecule has 2 aromatic rings. The molecule has 5 nitrogen and oxygen atoms in total. The summed E-state index contributed by atoms with van der Waals surface area (Å²) in [7, 11) is 0. The molecule has 0 radical (unpaired) electrons. The molecule has 3 heterocycles. The molecule has 1 fully saturated rings. The van der Waals surface area contributed by atoms with Gasteiger partial charge in [-0.25, -0.2) is 9.78 Å². The first-order valence-corrected chi connectivity index (χ1v) is 7.74. The Balaban J connectivity index is 1.79. The van der Waals surface area contributed by atoms with E-state index >= 15 is 0 Å². The fourth-order valence-electron chi connectivity index (χ4n) is 2.47. The Hall–Kier alpha value is -1.82. The topological polar surface area (TPSA) is 69.2 Å². The Morgan fingerprint density at radius 3 is 2.70 bits per heavy atom. The molecule has 1 aliphatic heterocycles. The van der Waals surface area contributed by atoms with Crippen LogP contribution in [0.2, 0.25) is 0 Å². The number of carboxylic acid groups (broad SMARTS) is 1. The average Bonchev–Trinajstić information content (AvgIpc) is 3.02. The van der Waals surface area contributed by atoms with E-state index in [1.54, 1.807) is 23.6 Å². The third kappa shape index (κ3) is 2.70. The Labute approximate surface area is 121 Å². The SMILES string of the molecule is O=C(O)c1cc(-c2csc(N3CCCCCC3)n2)c[nH]1. The fraction of sp³-hybridized carbons (Fsp3) is 0.429. The van der Waals surface area contributed by atoms with Crippen LogP contribution < -0.4 is 4.90 Å². The molecule has 2 N–H and O–H groups in total. The number of aromatic amines is 1. The van der Waals surface area contributed by atoms with Gasteiger partial charge >= 0.3 is 5.97 Å². The lowest BCUT2D eigenvalue weighted by Gasteiger charge is -2.18. The van der Waals surface area contributed by atoms with Crippen molar-refractivity contribution in [3.8, 4) is 11.3 Å². The molecule has 0 saturated carbocycles. The predicted octanol–water partition coefficient (Wildman–Crippen LogP) is 3.22. The molecule has 3 rings (SSSR count). The summed E-state index contributed by atoms with van der Waals surface area (Å²) in [4.78, 5) is 20.6. The molecule has 20 heavy (non-hydrogen) atoms. The smallest absolute Gasteiger partial charge is 0.352 e. The van der Waals surface area contributed by atoms with Gasteiger partial charge in [-0.1, -0.05) is 12.8 Å². The highest BCUT2D eigenvalue weighted by molar-refractivity contribution is 7.14. The van der Waals surface area contributed by atoms with E-state index in [1.807, 2.05) is 5.38 Å². The van der Waals surface area contributed by atoms with Crippen molar-refractivity contribution in [3.05, 3.63) is 23.3 Å². The van der Waals surface area contributed by atoms with Gasteiger partial charge in [0.2, 0.25) is 0 Å². The van der Waals surface area contributed by atoms with Gasteiger partial charge in [-0.2, -0.15) is 0 Å². The molecule has 0 unspecified atom stereocenters. The standard InChI is InChI=1S/C14H17N3O2S/c18-13(19)11-7-10(8-15-11)12-9-20-14(16-12)17-5-3-1-2-4-6-17/h7-9,15H,1-6H2,(H,18,19). The third-order valence-corrected chi connectivity index (χ3v) is 4.48. The maximum atomic E-state index is 10.9. The number of rotatable bonds is 3. The van der Waals surface area contributed by atoms with Gasteiger partial charge in [-0.3, -0.25) is 0 Å². The van der Waals surface area contributed by atoms with Crippen LogP contribution in [-0.4, -0.2) is 34.1 Å². The zero-order chi connectivity index (χ0) is 13.9. The summed E-state index contributed by atoms with van der Waals surface area (Å²) in [5.74, 6) is -0.945. The van der Waals surface area contributed by atoms with Crippen molar-refractivity contribution < 1.29 is 9.90 Å². The molecule has 6 heteroatoms. The second kappa shape index (κ2) is 5.66. The van der Waals surface area contributed by atoms with Crippen molar-refractivity contribution >= 4 is 22.4 Å². The maximum absolute atomic E-state index is 10.9. The van der Waals surface area contributed by atoms with E-state index in [0.717, 1.165) is 29.5 Å². The van der Waals surface area contributed by atoms with Crippen LogP contribution >= 0.6 is 11.3 Å². The Kier molecular flexibility index (Phi) is 3.73. The summed E-state index contributed by atoms with van der Waals surface area (Å²) in [6.45, 7) is 2.14. The lowest BCUT2D eigenvalue weighted by atomic mass is 10.2. The summed E-state index contributed by atoms with van der Waals surface area (Å²) < 4.78 is 0. The summed E-state index contributed by atoms with van der Waals surface area (Å²) >= 11 is 1.63. The highest BCUT2D eigenvalue weighted by Gasteiger charge is 2.15. The molecule has 0 spiro atoms. The number of hydrogen-bond acceptors (Lipinski definition) is 4. The number of H-pyrrole nitrogens is 1. The van der Waals surface area contributed by atoms with Crippen LogP contribution in [0.25, 0.3) is 11.3 Å². The van der Waals surface area contributed by atoms with E-state index in [9.17, 15) is 4.79 Å². The lowest BCUT2D eigenvalue weighted by Crippen LogP contribution is -2.23. The van der Waals surface area contributed by atoms with Gasteiger partial charge in [-0.15, -0.1) is 11.3 Å². The third-order valence-electron chi connectivity index (χ3n) is 3.58. The Morgan fingerprint density at radius 1 is 1.30 bits per heavy atom. The molecule has 0 bridgehead atoms. The first kappa shape index (κ1) is 13.2. The van der Waals surface area contributed by atoms with Gasteiger partial charge < -0.3 is 15.0 Å². The minimum Gasteiger partial charge on any atom is -0.477 e. The monoisotopic (exact) mass is 291 g/mol. The van der Waals surface area contributed by atoms with E-state index in [4.69, 9.17) is 5.11 Å². The second-order valence-corrected chi connectivity index (χ2v) is 5.86.